The van der Waals surface area contributed by atoms with E-state index in [-0.39, 0.29) is 6.61 Å². The van der Waals surface area contributed by atoms with Crippen LogP contribution in [0.1, 0.15) is 38.3 Å². The highest BCUT2D eigenvalue weighted by molar-refractivity contribution is 5.30. The minimum Gasteiger partial charge on any atom is -0.395 e. The van der Waals surface area contributed by atoms with E-state index in [1.165, 1.54) is 19.3 Å². The van der Waals surface area contributed by atoms with Gasteiger partial charge in [0.25, 0.3) is 0 Å². The van der Waals surface area contributed by atoms with Crippen molar-refractivity contribution in [1.29, 1.82) is 0 Å². The first-order valence-corrected chi connectivity index (χ1v) is 7.23. The summed E-state index contributed by atoms with van der Waals surface area (Å²) in [6, 6.07) is 0.617. The fraction of sp³-hybridized carbons (Fsp3) is 0.714. The van der Waals surface area contributed by atoms with Crippen LogP contribution in [0, 0.1) is 0 Å². The van der Waals surface area contributed by atoms with Crippen LogP contribution in [0.15, 0.2) is 12.4 Å². The molecule has 5 heteroatoms. The average molecular weight is 264 g/mol. The fourth-order valence-corrected chi connectivity index (χ4v) is 2.26. The molecule has 0 atom stereocenters. The lowest BCUT2D eigenvalue weighted by molar-refractivity contribution is 0.0932. The maximum atomic E-state index is 9.14. The lowest BCUT2D eigenvalue weighted by Gasteiger charge is -2.36. The summed E-state index contributed by atoms with van der Waals surface area (Å²) in [4.78, 5) is 11.1. The van der Waals surface area contributed by atoms with Crippen LogP contribution in [0.5, 0.6) is 0 Å². The average Bonchev–Trinajstić information content (AvgIpc) is 2.36. The largest absolute Gasteiger partial charge is 0.395 e. The molecular weight excluding hydrogens is 240 g/mol. The van der Waals surface area contributed by atoms with Crippen LogP contribution >= 0.6 is 0 Å². The van der Waals surface area contributed by atoms with Crippen molar-refractivity contribution in [3.63, 3.8) is 0 Å². The zero-order valence-corrected chi connectivity index (χ0v) is 11.7. The topological polar surface area (TPSA) is 61.3 Å². The number of aromatic nitrogens is 2. The quantitative estimate of drug-likeness (QED) is 0.747. The number of rotatable bonds is 8. The molecule has 0 radical (unpaired) electrons. The highest BCUT2D eigenvalue weighted by atomic mass is 16.3. The second-order valence-electron chi connectivity index (χ2n) is 5.10. The Hall–Kier alpha value is -1.20. The van der Waals surface area contributed by atoms with E-state index in [9.17, 15) is 0 Å². The van der Waals surface area contributed by atoms with Crippen LogP contribution in [0.3, 0.4) is 0 Å². The number of hydrogen-bond donors (Lipinski definition) is 2. The second kappa shape index (κ2) is 7.40. The van der Waals surface area contributed by atoms with Crippen molar-refractivity contribution in [3.05, 3.63) is 18.1 Å². The number of hydrogen-bond acceptors (Lipinski definition) is 5. The van der Waals surface area contributed by atoms with E-state index >= 15 is 0 Å². The third-order valence-corrected chi connectivity index (χ3v) is 3.60. The van der Waals surface area contributed by atoms with E-state index in [1.807, 2.05) is 6.20 Å². The van der Waals surface area contributed by atoms with Gasteiger partial charge in [-0.1, -0.05) is 13.3 Å². The van der Waals surface area contributed by atoms with Gasteiger partial charge in [0.05, 0.1) is 24.7 Å². The predicted molar refractivity (Wildman–Crippen MR) is 75.9 cm³/mol. The van der Waals surface area contributed by atoms with Crippen LogP contribution in [0.4, 0.5) is 5.82 Å². The van der Waals surface area contributed by atoms with Gasteiger partial charge in [0.1, 0.15) is 5.82 Å². The first-order chi connectivity index (χ1) is 9.33. The lowest BCUT2D eigenvalue weighted by Crippen LogP contribution is -2.41. The van der Waals surface area contributed by atoms with Crippen LogP contribution in [-0.4, -0.2) is 45.7 Å². The summed E-state index contributed by atoms with van der Waals surface area (Å²) < 4.78 is 0. The predicted octanol–water partition coefficient (Wildman–Crippen LogP) is 1.65. The van der Waals surface area contributed by atoms with Crippen molar-refractivity contribution in [3.8, 4) is 0 Å². The molecule has 1 aliphatic rings. The Kier molecular flexibility index (Phi) is 5.54. The molecule has 0 aliphatic heterocycles. The molecule has 0 saturated heterocycles. The number of nitrogens with one attached hydrogen (secondary N) is 1. The van der Waals surface area contributed by atoms with Crippen molar-refractivity contribution < 1.29 is 5.11 Å². The van der Waals surface area contributed by atoms with Crippen molar-refractivity contribution >= 4 is 5.82 Å². The molecule has 1 aromatic rings. The van der Waals surface area contributed by atoms with Crippen molar-refractivity contribution in [2.75, 3.05) is 25.0 Å². The standard InChI is InChI=1S/C14H24N4O/c1-2-6-15-14-10-16-12(9-17-14)11-18(7-8-19)13-4-3-5-13/h9-10,13,19H,2-8,11H2,1H3,(H,15,17). The smallest absolute Gasteiger partial charge is 0.144 e. The molecule has 1 aromatic heterocycles. The van der Waals surface area contributed by atoms with Gasteiger partial charge >= 0.3 is 0 Å². The van der Waals surface area contributed by atoms with Gasteiger partial charge in [-0.25, -0.2) is 4.98 Å². The molecule has 5 nitrogen and oxygen atoms in total. The molecule has 2 N–H and O–H groups in total. The third-order valence-electron chi connectivity index (χ3n) is 3.60. The van der Waals surface area contributed by atoms with E-state index in [0.717, 1.165) is 37.6 Å². The van der Waals surface area contributed by atoms with E-state index < -0.39 is 0 Å². The Bertz CT molecular complexity index is 364. The molecule has 106 valence electrons. The van der Waals surface area contributed by atoms with Crippen LogP contribution in [0.25, 0.3) is 0 Å². The number of aliphatic hydroxyl groups excluding tert-OH is 1. The van der Waals surface area contributed by atoms with Gasteiger partial charge in [-0.05, 0) is 19.3 Å². The molecule has 1 aliphatic carbocycles. The number of aliphatic hydroxyl groups is 1. The SMILES string of the molecule is CCCNc1cnc(CN(CCO)C2CCC2)cn1. The van der Waals surface area contributed by atoms with E-state index in [0.29, 0.717) is 6.04 Å². The van der Waals surface area contributed by atoms with Crippen LogP contribution in [-0.2, 0) is 6.54 Å². The normalized spacial score (nSPS) is 15.5. The molecule has 0 amide bonds. The van der Waals surface area contributed by atoms with Crippen molar-refractivity contribution in [2.24, 2.45) is 0 Å². The van der Waals surface area contributed by atoms with Gasteiger partial charge in [-0.2, -0.15) is 0 Å². The van der Waals surface area contributed by atoms with Gasteiger partial charge in [0.2, 0.25) is 0 Å². The Morgan fingerprint density at radius 3 is 2.74 bits per heavy atom. The molecule has 2 rings (SSSR count). The zero-order valence-electron chi connectivity index (χ0n) is 11.7. The Labute approximate surface area is 115 Å². The van der Waals surface area contributed by atoms with Crippen LogP contribution in [0.2, 0.25) is 0 Å². The van der Waals surface area contributed by atoms with Gasteiger partial charge in [-0.15, -0.1) is 0 Å². The lowest BCUT2D eigenvalue weighted by atomic mass is 9.91. The molecule has 0 bridgehead atoms. The summed E-state index contributed by atoms with van der Waals surface area (Å²) in [5.74, 6) is 0.836. The van der Waals surface area contributed by atoms with E-state index in [4.69, 9.17) is 5.11 Å². The molecule has 0 spiro atoms. The highest BCUT2D eigenvalue weighted by Crippen LogP contribution is 2.25. The summed E-state index contributed by atoms with van der Waals surface area (Å²) >= 11 is 0. The highest BCUT2D eigenvalue weighted by Gasteiger charge is 2.24. The Morgan fingerprint density at radius 2 is 2.21 bits per heavy atom. The molecule has 0 aromatic carbocycles. The first-order valence-electron chi connectivity index (χ1n) is 7.23. The van der Waals surface area contributed by atoms with Gasteiger partial charge in [0, 0.05) is 25.7 Å². The maximum Gasteiger partial charge on any atom is 0.144 e. The number of nitrogens with zero attached hydrogens (tertiary/aromatic N) is 3. The van der Waals surface area contributed by atoms with Crippen LogP contribution < -0.4 is 5.32 Å². The first kappa shape index (κ1) is 14.2. The monoisotopic (exact) mass is 264 g/mol. The second-order valence-corrected chi connectivity index (χ2v) is 5.10. The van der Waals surface area contributed by atoms with Crippen molar-refractivity contribution in [1.82, 2.24) is 14.9 Å². The summed E-state index contributed by atoms with van der Waals surface area (Å²) in [6.07, 6.45) is 8.49. The van der Waals surface area contributed by atoms with Gasteiger partial charge in [0.15, 0.2) is 0 Å². The molecular formula is C14H24N4O. The van der Waals surface area contributed by atoms with E-state index in [2.05, 4.69) is 27.1 Å². The van der Waals surface area contributed by atoms with Gasteiger partial charge < -0.3 is 10.4 Å². The summed E-state index contributed by atoms with van der Waals surface area (Å²) in [5.41, 5.74) is 0.974. The van der Waals surface area contributed by atoms with Gasteiger partial charge in [-0.3, -0.25) is 9.88 Å². The molecule has 0 unspecified atom stereocenters. The maximum absolute atomic E-state index is 9.14. The third kappa shape index (κ3) is 4.14. The minimum atomic E-state index is 0.208. The number of anilines is 1. The molecule has 1 heterocycles. The summed E-state index contributed by atoms with van der Waals surface area (Å²) in [7, 11) is 0. The minimum absolute atomic E-state index is 0.208. The van der Waals surface area contributed by atoms with Crippen molar-refractivity contribution in [2.45, 2.75) is 45.2 Å². The Morgan fingerprint density at radius 1 is 1.37 bits per heavy atom. The fourth-order valence-electron chi connectivity index (χ4n) is 2.26. The molecule has 19 heavy (non-hydrogen) atoms. The Balaban J connectivity index is 1.89. The summed E-state index contributed by atoms with van der Waals surface area (Å²) in [6.45, 7) is 4.77. The summed E-state index contributed by atoms with van der Waals surface area (Å²) in [5, 5.41) is 12.4. The van der Waals surface area contributed by atoms with E-state index in [1.54, 1.807) is 6.20 Å². The zero-order chi connectivity index (χ0) is 13.5. The molecule has 1 saturated carbocycles. The molecule has 1 fully saturated rings.